The summed E-state index contributed by atoms with van der Waals surface area (Å²) in [4.78, 5) is 11.0. The average molecular weight is 318 g/mol. The highest BCUT2D eigenvalue weighted by molar-refractivity contribution is 6.05. The summed E-state index contributed by atoms with van der Waals surface area (Å²) in [6.45, 7) is 6.23. The molecule has 0 radical (unpaired) electrons. The Labute approximate surface area is 140 Å². The molecule has 4 heteroatoms. The second-order valence-electron chi connectivity index (χ2n) is 5.85. The number of hydrogen-bond acceptors (Lipinski definition) is 3. The number of furan rings is 1. The Bertz CT molecular complexity index is 988. The molecule has 0 aliphatic carbocycles. The molecule has 0 spiro atoms. The van der Waals surface area contributed by atoms with Crippen LogP contribution in [0.2, 0.25) is 0 Å². The maximum Gasteiger partial charge on any atom is 0.273 e. The van der Waals surface area contributed by atoms with Crippen LogP contribution in [0.15, 0.2) is 59.0 Å². The van der Waals surface area contributed by atoms with Crippen LogP contribution in [-0.4, -0.2) is 23.1 Å². The van der Waals surface area contributed by atoms with Crippen LogP contribution in [0.3, 0.4) is 0 Å². The molecule has 0 amide bonds. The second-order valence-corrected chi connectivity index (χ2v) is 5.85. The maximum absolute atomic E-state index is 6.11. The van der Waals surface area contributed by atoms with Crippen molar-refractivity contribution >= 4 is 27.9 Å². The minimum Gasteiger partial charge on any atom is -0.446 e. The van der Waals surface area contributed by atoms with Gasteiger partial charge in [-0.05, 0) is 26.0 Å². The van der Waals surface area contributed by atoms with Crippen molar-refractivity contribution in [1.29, 1.82) is 0 Å². The zero-order valence-electron chi connectivity index (χ0n) is 13.9. The molecule has 2 aromatic carbocycles. The van der Waals surface area contributed by atoms with Crippen LogP contribution in [0.4, 0.5) is 5.82 Å². The SMILES string of the molecule is CC[NH+](CC)c1nc(-c2ccccc2)nc2c1oc1ccccc12. The summed E-state index contributed by atoms with van der Waals surface area (Å²) in [5.74, 6) is 1.70. The highest BCUT2D eigenvalue weighted by atomic mass is 16.3. The molecular formula is C20H20N3O+. The average Bonchev–Trinajstić information content (AvgIpc) is 3.02. The maximum atomic E-state index is 6.11. The van der Waals surface area contributed by atoms with Gasteiger partial charge in [-0.2, -0.15) is 4.98 Å². The minimum absolute atomic E-state index is 0.754. The summed E-state index contributed by atoms with van der Waals surface area (Å²) in [6.07, 6.45) is 0. The van der Waals surface area contributed by atoms with E-state index >= 15 is 0 Å². The molecule has 4 nitrogen and oxygen atoms in total. The fourth-order valence-corrected chi connectivity index (χ4v) is 3.13. The number of aromatic nitrogens is 2. The summed E-state index contributed by atoms with van der Waals surface area (Å²) in [5.41, 5.74) is 3.58. The first-order valence-electron chi connectivity index (χ1n) is 8.41. The van der Waals surface area contributed by atoms with Gasteiger partial charge >= 0.3 is 0 Å². The van der Waals surface area contributed by atoms with Crippen molar-refractivity contribution in [3.8, 4) is 11.4 Å². The van der Waals surface area contributed by atoms with Crippen molar-refractivity contribution < 1.29 is 9.32 Å². The van der Waals surface area contributed by atoms with E-state index in [0.717, 1.165) is 52.4 Å². The number of benzene rings is 2. The molecule has 0 bridgehead atoms. The number of quaternary nitrogens is 1. The zero-order valence-corrected chi connectivity index (χ0v) is 13.9. The van der Waals surface area contributed by atoms with Crippen LogP contribution in [0.5, 0.6) is 0 Å². The van der Waals surface area contributed by atoms with Crippen LogP contribution < -0.4 is 4.90 Å². The molecule has 0 fully saturated rings. The molecule has 0 aliphatic heterocycles. The molecule has 0 unspecified atom stereocenters. The normalized spacial score (nSPS) is 11.6. The van der Waals surface area contributed by atoms with Gasteiger partial charge in [0.2, 0.25) is 5.58 Å². The Morgan fingerprint density at radius 3 is 2.33 bits per heavy atom. The van der Waals surface area contributed by atoms with Gasteiger partial charge in [-0.15, -0.1) is 0 Å². The summed E-state index contributed by atoms with van der Waals surface area (Å²) >= 11 is 0. The Morgan fingerprint density at radius 1 is 0.875 bits per heavy atom. The Hall–Kier alpha value is -2.72. The van der Waals surface area contributed by atoms with Crippen LogP contribution in [-0.2, 0) is 0 Å². The van der Waals surface area contributed by atoms with E-state index in [1.54, 1.807) is 0 Å². The predicted octanol–water partition coefficient (Wildman–Crippen LogP) is 3.60. The van der Waals surface area contributed by atoms with Crippen molar-refractivity contribution in [3.05, 3.63) is 54.6 Å². The number of hydrogen-bond donors (Lipinski definition) is 1. The molecule has 120 valence electrons. The van der Waals surface area contributed by atoms with Crippen LogP contribution in [0.1, 0.15) is 13.8 Å². The van der Waals surface area contributed by atoms with Gasteiger partial charge < -0.3 is 4.42 Å². The second kappa shape index (κ2) is 6.06. The molecular weight excluding hydrogens is 298 g/mol. The van der Waals surface area contributed by atoms with E-state index < -0.39 is 0 Å². The summed E-state index contributed by atoms with van der Waals surface area (Å²) in [7, 11) is 0. The van der Waals surface area contributed by atoms with Crippen molar-refractivity contribution in [1.82, 2.24) is 9.97 Å². The van der Waals surface area contributed by atoms with E-state index in [2.05, 4.69) is 19.9 Å². The molecule has 0 aliphatic rings. The molecule has 2 heterocycles. The Balaban J connectivity index is 2.07. The first-order chi connectivity index (χ1) is 11.8. The van der Waals surface area contributed by atoms with E-state index in [-0.39, 0.29) is 0 Å². The number of rotatable bonds is 4. The lowest BCUT2D eigenvalue weighted by molar-refractivity contribution is -0.830. The number of para-hydroxylation sites is 1. The highest BCUT2D eigenvalue weighted by Gasteiger charge is 2.22. The van der Waals surface area contributed by atoms with Crippen LogP contribution in [0, 0.1) is 0 Å². The Kier molecular flexibility index (Phi) is 3.75. The lowest BCUT2D eigenvalue weighted by Crippen LogP contribution is -3.06. The van der Waals surface area contributed by atoms with Gasteiger partial charge in [-0.25, -0.2) is 4.98 Å². The molecule has 24 heavy (non-hydrogen) atoms. The highest BCUT2D eigenvalue weighted by Crippen LogP contribution is 2.31. The van der Waals surface area contributed by atoms with Gasteiger partial charge in [-0.3, -0.25) is 4.90 Å². The number of nitrogens with one attached hydrogen (secondary N) is 1. The fourth-order valence-electron chi connectivity index (χ4n) is 3.13. The largest absolute Gasteiger partial charge is 0.446 e. The molecule has 4 rings (SSSR count). The number of fused-ring (bicyclic) bond motifs is 3. The van der Waals surface area contributed by atoms with Gasteiger partial charge in [0.1, 0.15) is 11.1 Å². The minimum atomic E-state index is 0.754. The summed E-state index contributed by atoms with van der Waals surface area (Å²) in [6, 6.07) is 18.2. The van der Waals surface area contributed by atoms with Crippen molar-refractivity contribution in [2.24, 2.45) is 0 Å². The molecule has 0 atom stereocenters. The third kappa shape index (κ3) is 2.36. The van der Waals surface area contributed by atoms with Crippen molar-refractivity contribution in [2.75, 3.05) is 13.1 Å². The van der Waals surface area contributed by atoms with Gasteiger partial charge in [0, 0.05) is 10.9 Å². The lowest BCUT2D eigenvalue weighted by Gasteiger charge is -2.14. The first-order valence-corrected chi connectivity index (χ1v) is 8.41. The fraction of sp³-hybridized carbons (Fsp3) is 0.200. The third-order valence-electron chi connectivity index (χ3n) is 4.44. The smallest absolute Gasteiger partial charge is 0.273 e. The molecule has 2 aromatic heterocycles. The van der Waals surface area contributed by atoms with E-state index in [1.807, 2.05) is 48.5 Å². The van der Waals surface area contributed by atoms with E-state index in [0.29, 0.717) is 0 Å². The van der Waals surface area contributed by atoms with E-state index in [9.17, 15) is 0 Å². The standard InChI is InChI=1S/C20H19N3O/c1-3-23(4-2)20-18-17(15-12-8-9-13-16(15)24-18)21-19(22-20)14-10-6-5-7-11-14/h5-13H,3-4H2,1-2H3/p+1. The third-order valence-corrected chi connectivity index (χ3v) is 4.44. The topological polar surface area (TPSA) is 43.4 Å². The Morgan fingerprint density at radius 2 is 1.58 bits per heavy atom. The van der Waals surface area contributed by atoms with E-state index in [1.165, 1.54) is 4.90 Å². The summed E-state index contributed by atoms with van der Waals surface area (Å²) in [5, 5.41) is 1.04. The van der Waals surface area contributed by atoms with Crippen molar-refractivity contribution in [2.45, 2.75) is 13.8 Å². The van der Waals surface area contributed by atoms with Crippen LogP contribution >= 0.6 is 0 Å². The van der Waals surface area contributed by atoms with Gasteiger partial charge in [0.25, 0.3) is 5.82 Å². The number of nitrogens with zero attached hydrogens (tertiary/aromatic N) is 2. The summed E-state index contributed by atoms with van der Waals surface area (Å²) < 4.78 is 6.11. The van der Waals surface area contributed by atoms with E-state index in [4.69, 9.17) is 14.4 Å². The molecule has 0 saturated heterocycles. The predicted molar refractivity (Wildman–Crippen MR) is 96.5 cm³/mol. The molecule has 0 saturated carbocycles. The first kappa shape index (κ1) is 14.8. The lowest BCUT2D eigenvalue weighted by atomic mass is 10.2. The van der Waals surface area contributed by atoms with Crippen LogP contribution in [0.25, 0.3) is 33.5 Å². The van der Waals surface area contributed by atoms with Gasteiger partial charge in [0.15, 0.2) is 5.82 Å². The van der Waals surface area contributed by atoms with Gasteiger partial charge in [0.05, 0.1) is 13.1 Å². The molecule has 1 N–H and O–H groups in total. The monoisotopic (exact) mass is 318 g/mol. The van der Waals surface area contributed by atoms with Gasteiger partial charge in [-0.1, -0.05) is 42.5 Å². The quantitative estimate of drug-likeness (QED) is 0.625. The van der Waals surface area contributed by atoms with Crippen molar-refractivity contribution in [3.63, 3.8) is 0 Å². The zero-order chi connectivity index (χ0) is 16.5. The molecule has 4 aromatic rings.